The first-order chi connectivity index (χ1) is 14.5. The molecular formula is C21H22N6O2S. The van der Waals surface area contributed by atoms with E-state index in [-0.39, 0.29) is 18.4 Å². The van der Waals surface area contributed by atoms with Crippen molar-refractivity contribution < 1.29 is 9.59 Å². The standard InChI is InChI=1S/C21H22N6O2S/c1-3-14-4-5-16(22-7-14)10-26(2)21(29)15-6-18-20(23-8-15)24-9-19(28)27(18)11-17-12-30-13-25-17/h4-8,12-13H,3,9-11H2,1-2H3,(H,23,24). The molecular weight excluding hydrogens is 400 g/mol. The summed E-state index contributed by atoms with van der Waals surface area (Å²) in [5.74, 6) is 0.314. The summed E-state index contributed by atoms with van der Waals surface area (Å²) in [4.78, 5) is 41.8. The van der Waals surface area contributed by atoms with Crippen LogP contribution in [0, 0.1) is 0 Å². The fourth-order valence-electron chi connectivity index (χ4n) is 3.25. The van der Waals surface area contributed by atoms with Gasteiger partial charge in [-0.15, -0.1) is 11.3 Å². The molecule has 8 nitrogen and oxygen atoms in total. The Morgan fingerprint density at radius 1 is 1.23 bits per heavy atom. The molecule has 3 aromatic heterocycles. The van der Waals surface area contributed by atoms with E-state index in [9.17, 15) is 9.59 Å². The van der Waals surface area contributed by atoms with Gasteiger partial charge in [-0.1, -0.05) is 13.0 Å². The maximum absolute atomic E-state index is 13.0. The highest BCUT2D eigenvalue weighted by Gasteiger charge is 2.27. The lowest BCUT2D eigenvalue weighted by Gasteiger charge is -2.29. The van der Waals surface area contributed by atoms with Gasteiger partial charge in [0.05, 0.1) is 47.8 Å². The summed E-state index contributed by atoms with van der Waals surface area (Å²) in [7, 11) is 1.73. The van der Waals surface area contributed by atoms with Gasteiger partial charge < -0.3 is 15.1 Å². The molecule has 9 heteroatoms. The first-order valence-electron chi connectivity index (χ1n) is 9.65. The third-order valence-corrected chi connectivity index (χ3v) is 5.59. The van der Waals surface area contributed by atoms with Crippen LogP contribution in [0.3, 0.4) is 0 Å². The molecule has 0 radical (unpaired) electrons. The van der Waals surface area contributed by atoms with Crippen molar-refractivity contribution in [2.45, 2.75) is 26.4 Å². The minimum absolute atomic E-state index is 0.0875. The topological polar surface area (TPSA) is 91.3 Å². The van der Waals surface area contributed by atoms with Crippen LogP contribution in [0.25, 0.3) is 0 Å². The Kier molecular flexibility index (Phi) is 5.71. The molecule has 0 unspecified atom stereocenters. The van der Waals surface area contributed by atoms with Gasteiger partial charge in [-0.25, -0.2) is 9.97 Å². The van der Waals surface area contributed by atoms with Gasteiger partial charge in [0.1, 0.15) is 0 Å². The van der Waals surface area contributed by atoms with Crippen molar-refractivity contribution in [2.24, 2.45) is 0 Å². The average Bonchev–Trinajstić information content (AvgIpc) is 3.28. The molecule has 0 saturated carbocycles. The first-order valence-corrected chi connectivity index (χ1v) is 10.6. The summed E-state index contributed by atoms with van der Waals surface area (Å²) in [6, 6.07) is 5.67. The summed E-state index contributed by atoms with van der Waals surface area (Å²) >= 11 is 1.48. The van der Waals surface area contributed by atoms with Gasteiger partial charge in [0.15, 0.2) is 5.82 Å². The zero-order chi connectivity index (χ0) is 21.1. The number of carbonyl (C=O) groups excluding carboxylic acids is 2. The number of rotatable bonds is 6. The Bertz CT molecular complexity index is 1050. The Morgan fingerprint density at radius 2 is 2.10 bits per heavy atom. The van der Waals surface area contributed by atoms with Gasteiger partial charge in [0.2, 0.25) is 5.91 Å². The Hall–Kier alpha value is -3.33. The normalized spacial score (nSPS) is 13.0. The zero-order valence-corrected chi connectivity index (χ0v) is 17.6. The summed E-state index contributed by atoms with van der Waals surface area (Å²) in [5, 5.41) is 4.92. The van der Waals surface area contributed by atoms with Gasteiger partial charge in [0, 0.05) is 24.8 Å². The lowest BCUT2D eigenvalue weighted by molar-refractivity contribution is -0.117. The largest absolute Gasteiger partial charge is 0.359 e. The second-order valence-corrected chi connectivity index (χ2v) is 7.80. The van der Waals surface area contributed by atoms with Gasteiger partial charge in [-0.05, 0) is 24.1 Å². The van der Waals surface area contributed by atoms with Crippen LogP contribution in [0.4, 0.5) is 11.5 Å². The minimum Gasteiger partial charge on any atom is -0.359 e. The third kappa shape index (κ3) is 4.16. The van der Waals surface area contributed by atoms with Gasteiger partial charge in [0.25, 0.3) is 5.91 Å². The number of aromatic nitrogens is 3. The third-order valence-electron chi connectivity index (χ3n) is 4.96. The van der Waals surface area contributed by atoms with Crippen molar-refractivity contribution in [3.05, 3.63) is 64.0 Å². The summed E-state index contributed by atoms with van der Waals surface area (Å²) in [5.41, 5.74) is 5.51. The Labute approximate surface area is 178 Å². The molecule has 1 aliphatic heterocycles. The molecule has 0 aromatic carbocycles. The quantitative estimate of drug-likeness (QED) is 0.657. The molecule has 0 bridgehead atoms. The highest BCUT2D eigenvalue weighted by Crippen LogP contribution is 2.30. The lowest BCUT2D eigenvalue weighted by atomic mass is 10.1. The van der Waals surface area contributed by atoms with Crippen LogP contribution in [0.15, 0.2) is 41.5 Å². The van der Waals surface area contributed by atoms with Crippen LogP contribution >= 0.6 is 11.3 Å². The molecule has 30 heavy (non-hydrogen) atoms. The molecule has 0 fully saturated rings. The number of thiazole rings is 1. The SMILES string of the molecule is CCc1ccc(CN(C)C(=O)c2cnc3c(c2)N(Cc2cscn2)C(=O)CN3)nc1. The van der Waals surface area contributed by atoms with Crippen LogP contribution in [-0.4, -0.2) is 45.3 Å². The van der Waals surface area contributed by atoms with Crippen molar-refractivity contribution in [1.29, 1.82) is 0 Å². The predicted molar refractivity (Wildman–Crippen MR) is 115 cm³/mol. The summed E-state index contributed by atoms with van der Waals surface area (Å²) in [6.45, 7) is 2.98. The average molecular weight is 423 g/mol. The van der Waals surface area contributed by atoms with Gasteiger partial charge >= 0.3 is 0 Å². The fourth-order valence-corrected chi connectivity index (χ4v) is 3.79. The number of hydrogen-bond acceptors (Lipinski definition) is 7. The molecule has 2 amide bonds. The second-order valence-electron chi connectivity index (χ2n) is 7.08. The van der Waals surface area contributed by atoms with Crippen LogP contribution in [0.5, 0.6) is 0 Å². The van der Waals surface area contributed by atoms with E-state index in [1.165, 1.54) is 17.5 Å². The van der Waals surface area contributed by atoms with Gasteiger partial charge in [-0.2, -0.15) is 0 Å². The van der Waals surface area contributed by atoms with E-state index >= 15 is 0 Å². The number of fused-ring (bicyclic) bond motifs is 1. The van der Waals surface area contributed by atoms with E-state index < -0.39 is 0 Å². The van der Waals surface area contributed by atoms with Crippen molar-refractivity contribution in [3.8, 4) is 0 Å². The summed E-state index contributed by atoms with van der Waals surface area (Å²) < 4.78 is 0. The van der Waals surface area contributed by atoms with E-state index in [0.717, 1.165) is 23.4 Å². The molecule has 154 valence electrons. The maximum atomic E-state index is 13.0. The molecule has 1 aliphatic rings. The van der Waals surface area contributed by atoms with Crippen LogP contribution in [0.1, 0.15) is 34.2 Å². The molecule has 1 N–H and O–H groups in total. The molecule has 0 atom stereocenters. The highest BCUT2D eigenvalue weighted by atomic mass is 32.1. The minimum atomic E-state index is -0.182. The van der Waals surface area contributed by atoms with E-state index in [4.69, 9.17) is 0 Å². The van der Waals surface area contributed by atoms with Crippen molar-refractivity contribution in [2.75, 3.05) is 23.8 Å². The second kappa shape index (κ2) is 8.58. The van der Waals surface area contributed by atoms with Crippen LogP contribution in [-0.2, 0) is 24.3 Å². The first kappa shape index (κ1) is 20.0. The molecule has 4 heterocycles. The van der Waals surface area contributed by atoms with E-state index in [0.29, 0.717) is 30.2 Å². The molecule has 3 aromatic rings. The van der Waals surface area contributed by atoms with Crippen molar-refractivity contribution in [1.82, 2.24) is 19.9 Å². The number of carbonyl (C=O) groups is 2. The van der Waals surface area contributed by atoms with Crippen molar-refractivity contribution in [3.63, 3.8) is 0 Å². The summed E-state index contributed by atoms with van der Waals surface area (Å²) in [6.07, 6.45) is 4.30. The number of pyridine rings is 2. The maximum Gasteiger partial charge on any atom is 0.255 e. The number of aryl methyl sites for hydroxylation is 1. The molecule has 4 rings (SSSR count). The monoisotopic (exact) mass is 422 g/mol. The smallest absolute Gasteiger partial charge is 0.255 e. The fraction of sp³-hybridized carbons (Fsp3) is 0.286. The highest BCUT2D eigenvalue weighted by molar-refractivity contribution is 7.07. The number of anilines is 2. The predicted octanol–water partition coefficient (Wildman–Crippen LogP) is 2.73. The number of amides is 2. The number of nitrogens with one attached hydrogen (secondary N) is 1. The zero-order valence-electron chi connectivity index (χ0n) is 16.8. The molecule has 0 saturated heterocycles. The van der Waals surface area contributed by atoms with E-state index in [2.05, 4.69) is 27.2 Å². The van der Waals surface area contributed by atoms with E-state index in [1.807, 2.05) is 23.7 Å². The number of nitrogens with zero attached hydrogens (tertiary/aromatic N) is 5. The Balaban J connectivity index is 1.55. The van der Waals surface area contributed by atoms with Gasteiger partial charge in [-0.3, -0.25) is 14.6 Å². The number of hydrogen-bond donors (Lipinski definition) is 1. The van der Waals surface area contributed by atoms with Crippen LogP contribution in [0.2, 0.25) is 0 Å². The van der Waals surface area contributed by atoms with Crippen LogP contribution < -0.4 is 10.2 Å². The lowest BCUT2D eigenvalue weighted by Crippen LogP contribution is -2.40. The van der Waals surface area contributed by atoms with E-state index in [1.54, 1.807) is 28.4 Å². The molecule has 0 spiro atoms. The molecule has 0 aliphatic carbocycles. The Morgan fingerprint density at radius 3 is 2.80 bits per heavy atom. The van der Waals surface area contributed by atoms with Crippen molar-refractivity contribution >= 4 is 34.7 Å².